The lowest BCUT2D eigenvalue weighted by Gasteiger charge is -2.20. The summed E-state index contributed by atoms with van der Waals surface area (Å²) in [7, 11) is 5.26. The highest BCUT2D eigenvalue weighted by Crippen LogP contribution is 2.38. The van der Waals surface area contributed by atoms with Gasteiger partial charge in [-0.25, -0.2) is 0 Å². The lowest BCUT2D eigenvalue weighted by Crippen LogP contribution is -2.18. The molecule has 0 amide bonds. The summed E-state index contributed by atoms with van der Waals surface area (Å²) in [6.07, 6.45) is 0. The van der Waals surface area contributed by atoms with Crippen molar-refractivity contribution in [1.29, 1.82) is 0 Å². The Morgan fingerprint density at radius 3 is 2.24 bits per heavy atom. The molecule has 1 aliphatic rings. The van der Waals surface area contributed by atoms with Crippen molar-refractivity contribution in [3.63, 3.8) is 0 Å². The van der Waals surface area contributed by atoms with Gasteiger partial charge in [-0.05, 0) is 43.3 Å². The molecule has 6 heteroatoms. The Bertz CT molecular complexity index is 775. The zero-order valence-electron chi connectivity index (χ0n) is 15.0. The minimum Gasteiger partial charge on any atom is -0.507 e. The minimum atomic E-state index is 0.193. The second-order valence-corrected chi connectivity index (χ2v) is 6.14. The smallest absolute Gasteiger partial charge is 0.231 e. The molecule has 0 aliphatic carbocycles. The summed E-state index contributed by atoms with van der Waals surface area (Å²) in [5, 5.41) is 10.2. The largest absolute Gasteiger partial charge is 0.507 e. The molecule has 3 rings (SSSR count). The molecule has 2 aromatic carbocycles. The zero-order chi connectivity index (χ0) is 18.0. The molecule has 1 N–H and O–H groups in total. The normalized spacial score (nSPS) is 12.5. The van der Waals surface area contributed by atoms with Crippen LogP contribution in [0.15, 0.2) is 24.3 Å². The number of aryl methyl sites for hydroxylation is 1. The molecule has 2 aromatic rings. The van der Waals surface area contributed by atoms with E-state index in [2.05, 4.69) is 4.90 Å². The molecule has 25 heavy (non-hydrogen) atoms. The molecule has 0 unspecified atom stereocenters. The third kappa shape index (κ3) is 3.58. The molecule has 0 bridgehead atoms. The Morgan fingerprint density at radius 1 is 0.960 bits per heavy atom. The molecule has 0 aromatic heterocycles. The number of ether oxygens (including phenoxy) is 4. The van der Waals surface area contributed by atoms with E-state index in [4.69, 9.17) is 18.9 Å². The van der Waals surface area contributed by atoms with Crippen molar-refractivity contribution in [2.75, 3.05) is 28.1 Å². The third-order valence-electron chi connectivity index (χ3n) is 4.30. The average molecular weight is 345 g/mol. The first-order valence-corrected chi connectivity index (χ1v) is 8.03. The molecule has 0 radical (unpaired) electrons. The van der Waals surface area contributed by atoms with Crippen LogP contribution in [0.5, 0.6) is 28.7 Å². The first-order valence-electron chi connectivity index (χ1n) is 8.03. The molecule has 6 nitrogen and oxygen atoms in total. The van der Waals surface area contributed by atoms with Gasteiger partial charge in [-0.1, -0.05) is 0 Å². The van der Waals surface area contributed by atoms with Gasteiger partial charge >= 0.3 is 0 Å². The number of phenols is 1. The maximum absolute atomic E-state index is 10.2. The van der Waals surface area contributed by atoms with Crippen LogP contribution in [0.4, 0.5) is 0 Å². The van der Waals surface area contributed by atoms with Gasteiger partial charge in [0.25, 0.3) is 0 Å². The van der Waals surface area contributed by atoms with E-state index < -0.39 is 0 Å². The maximum atomic E-state index is 10.2. The van der Waals surface area contributed by atoms with Crippen LogP contribution in [-0.4, -0.2) is 38.1 Å². The van der Waals surface area contributed by atoms with Crippen molar-refractivity contribution >= 4 is 0 Å². The number of hydrogen-bond donors (Lipinski definition) is 1. The average Bonchev–Trinajstić information content (AvgIpc) is 3.03. The number of nitrogens with zero attached hydrogens (tertiary/aromatic N) is 1. The van der Waals surface area contributed by atoms with E-state index in [1.54, 1.807) is 20.3 Å². The molecule has 1 aliphatic heterocycles. The van der Waals surface area contributed by atoms with Gasteiger partial charge in [0.1, 0.15) is 5.75 Å². The number of rotatable bonds is 6. The fraction of sp³-hybridized carbons (Fsp3) is 0.368. The summed E-state index contributed by atoms with van der Waals surface area (Å²) in [6.45, 7) is 3.53. The van der Waals surface area contributed by atoms with E-state index in [1.807, 2.05) is 32.2 Å². The van der Waals surface area contributed by atoms with Crippen molar-refractivity contribution in [3.8, 4) is 28.7 Å². The second-order valence-electron chi connectivity index (χ2n) is 6.14. The molecule has 0 saturated heterocycles. The van der Waals surface area contributed by atoms with E-state index in [0.29, 0.717) is 30.3 Å². The summed E-state index contributed by atoms with van der Waals surface area (Å²) in [4.78, 5) is 2.12. The Labute approximate surface area is 147 Å². The first kappa shape index (κ1) is 17.2. The van der Waals surface area contributed by atoms with Crippen LogP contribution in [0.25, 0.3) is 0 Å². The molecule has 134 valence electrons. The topological polar surface area (TPSA) is 60.4 Å². The van der Waals surface area contributed by atoms with Crippen LogP contribution in [0.3, 0.4) is 0 Å². The van der Waals surface area contributed by atoms with Gasteiger partial charge in [0.05, 0.1) is 14.2 Å². The first-order chi connectivity index (χ1) is 12.0. The highest BCUT2D eigenvalue weighted by molar-refractivity contribution is 5.51. The standard InChI is InChI=1S/C19H23NO5/c1-12-5-16(22-3)17(23-4)6-13(12)9-20(2)10-14-7-18-19(8-15(14)21)25-11-24-18/h5-8,21H,9-11H2,1-4H3. The summed E-state index contributed by atoms with van der Waals surface area (Å²) in [5.74, 6) is 2.89. The molecule has 0 fully saturated rings. The van der Waals surface area contributed by atoms with Gasteiger partial charge in [0.15, 0.2) is 23.0 Å². The van der Waals surface area contributed by atoms with Crippen molar-refractivity contribution in [2.24, 2.45) is 0 Å². The van der Waals surface area contributed by atoms with Crippen LogP contribution in [0, 0.1) is 6.92 Å². The van der Waals surface area contributed by atoms with E-state index >= 15 is 0 Å². The van der Waals surface area contributed by atoms with Crippen molar-refractivity contribution in [1.82, 2.24) is 4.90 Å². The predicted octanol–water partition coefficient (Wildman–Crippen LogP) is 3.08. The number of phenolic OH excluding ortho intramolecular Hbond substituents is 1. The van der Waals surface area contributed by atoms with Gasteiger partial charge < -0.3 is 24.1 Å². The van der Waals surface area contributed by atoms with E-state index in [1.165, 1.54) is 0 Å². The molecule has 0 spiro atoms. The van der Waals surface area contributed by atoms with Gasteiger partial charge in [0.2, 0.25) is 6.79 Å². The number of aromatic hydroxyl groups is 1. The van der Waals surface area contributed by atoms with Gasteiger partial charge in [-0.2, -0.15) is 0 Å². The number of methoxy groups -OCH3 is 2. The fourth-order valence-corrected chi connectivity index (χ4v) is 2.93. The van der Waals surface area contributed by atoms with Crippen LogP contribution in [-0.2, 0) is 13.1 Å². The summed E-state index contributed by atoms with van der Waals surface area (Å²) >= 11 is 0. The van der Waals surface area contributed by atoms with Crippen LogP contribution in [0.2, 0.25) is 0 Å². The van der Waals surface area contributed by atoms with E-state index in [-0.39, 0.29) is 12.5 Å². The SMILES string of the molecule is COc1cc(C)c(CN(C)Cc2cc3c(cc2O)OCO3)cc1OC. The highest BCUT2D eigenvalue weighted by atomic mass is 16.7. The second kappa shape index (κ2) is 7.11. The Kier molecular flexibility index (Phi) is 4.90. The van der Waals surface area contributed by atoms with Crippen molar-refractivity contribution in [3.05, 3.63) is 41.0 Å². The Morgan fingerprint density at radius 2 is 1.56 bits per heavy atom. The third-order valence-corrected chi connectivity index (χ3v) is 4.30. The monoisotopic (exact) mass is 345 g/mol. The minimum absolute atomic E-state index is 0.193. The molecular formula is C19H23NO5. The maximum Gasteiger partial charge on any atom is 0.231 e. The van der Waals surface area contributed by atoms with Gasteiger partial charge in [-0.3, -0.25) is 4.90 Å². The van der Waals surface area contributed by atoms with Crippen molar-refractivity contribution < 1.29 is 24.1 Å². The fourth-order valence-electron chi connectivity index (χ4n) is 2.93. The summed E-state index contributed by atoms with van der Waals surface area (Å²) in [6, 6.07) is 7.40. The molecule has 0 atom stereocenters. The quantitative estimate of drug-likeness (QED) is 0.868. The van der Waals surface area contributed by atoms with Gasteiger partial charge in [-0.15, -0.1) is 0 Å². The number of hydrogen-bond acceptors (Lipinski definition) is 6. The zero-order valence-corrected chi connectivity index (χ0v) is 15.0. The molecule has 0 saturated carbocycles. The molecule has 1 heterocycles. The van der Waals surface area contributed by atoms with Crippen LogP contribution in [0.1, 0.15) is 16.7 Å². The summed E-state index contributed by atoms with van der Waals surface area (Å²) < 4.78 is 21.4. The summed E-state index contributed by atoms with van der Waals surface area (Å²) in [5.41, 5.74) is 3.06. The predicted molar refractivity (Wildman–Crippen MR) is 93.7 cm³/mol. The van der Waals surface area contributed by atoms with E-state index in [0.717, 1.165) is 22.4 Å². The van der Waals surface area contributed by atoms with Gasteiger partial charge in [0, 0.05) is 24.7 Å². The Hall–Kier alpha value is -2.60. The van der Waals surface area contributed by atoms with E-state index in [9.17, 15) is 5.11 Å². The van der Waals surface area contributed by atoms with Crippen LogP contribution >= 0.6 is 0 Å². The number of benzene rings is 2. The Balaban J connectivity index is 1.76. The lowest BCUT2D eigenvalue weighted by atomic mass is 10.1. The number of fused-ring (bicyclic) bond motifs is 1. The van der Waals surface area contributed by atoms with Crippen molar-refractivity contribution in [2.45, 2.75) is 20.0 Å². The molecular weight excluding hydrogens is 322 g/mol. The van der Waals surface area contributed by atoms with Crippen LogP contribution < -0.4 is 18.9 Å². The highest BCUT2D eigenvalue weighted by Gasteiger charge is 2.18. The lowest BCUT2D eigenvalue weighted by molar-refractivity contribution is 0.174.